The molecule has 1 heterocycles. The lowest BCUT2D eigenvalue weighted by Crippen LogP contribution is -2.11. The maximum Gasteiger partial charge on any atom is 0.284 e. The van der Waals surface area contributed by atoms with Crippen LogP contribution in [0.5, 0.6) is 0 Å². The van der Waals surface area contributed by atoms with Crippen molar-refractivity contribution < 1.29 is 13.3 Å². The third kappa shape index (κ3) is 3.35. The lowest BCUT2D eigenvalue weighted by atomic mass is 10.2. The number of rotatable bonds is 5. The molecule has 0 aliphatic carbocycles. The van der Waals surface area contributed by atoms with E-state index in [4.69, 9.17) is 5.14 Å². The maximum absolute atomic E-state index is 11.6. The highest BCUT2D eigenvalue weighted by molar-refractivity contribution is 9.10. The van der Waals surface area contributed by atoms with Crippen molar-refractivity contribution in [3.05, 3.63) is 51.0 Å². The van der Waals surface area contributed by atoms with E-state index in [0.29, 0.717) is 27.9 Å². The number of nitro groups is 1. The lowest BCUT2D eigenvalue weighted by Gasteiger charge is -2.08. The Hall–Kier alpha value is -2.30. The second-order valence-corrected chi connectivity index (χ2v) is 8.12. The van der Waals surface area contributed by atoms with Crippen LogP contribution in [-0.2, 0) is 16.6 Å². The number of fused-ring (bicyclic) bond motifs is 1. The van der Waals surface area contributed by atoms with E-state index in [1.165, 1.54) is 18.2 Å². The number of aromatic nitrogens is 2. The predicted molar refractivity (Wildman–Crippen MR) is 101 cm³/mol. The van der Waals surface area contributed by atoms with Gasteiger partial charge >= 0.3 is 0 Å². The first-order chi connectivity index (χ1) is 12.2. The molecule has 10 heteroatoms. The van der Waals surface area contributed by atoms with Crippen LogP contribution in [0.1, 0.15) is 13.3 Å². The quantitative estimate of drug-likeness (QED) is 0.482. The molecule has 0 spiro atoms. The Kier molecular flexibility index (Phi) is 4.82. The predicted octanol–water partition coefficient (Wildman–Crippen LogP) is 3.43. The van der Waals surface area contributed by atoms with Crippen LogP contribution in [0.4, 0.5) is 5.69 Å². The Labute approximate surface area is 158 Å². The second kappa shape index (κ2) is 6.78. The molecule has 136 valence electrons. The molecular weight excluding hydrogens is 424 g/mol. The third-order valence-corrected chi connectivity index (χ3v) is 5.48. The minimum Gasteiger partial charge on any atom is -0.324 e. The van der Waals surface area contributed by atoms with Crippen LogP contribution < -0.4 is 5.14 Å². The second-order valence-electron chi connectivity index (χ2n) is 5.71. The zero-order valence-electron chi connectivity index (χ0n) is 13.7. The topological polar surface area (TPSA) is 121 Å². The van der Waals surface area contributed by atoms with Crippen molar-refractivity contribution >= 4 is 42.7 Å². The van der Waals surface area contributed by atoms with Gasteiger partial charge in [0.1, 0.15) is 5.82 Å². The molecule has 1 aromatic heterocycles. The molecule has 0 bridgehead atoms. The maximum atomic E-state index is 11.6. The van der Waals surface area contributed by atoms with Crippen LogP contribution in [0.2, 0.25) is 0 Å². The largest absolute Gasteiger partial charge is 0.324 e. The fourth-order valence-corrected chi connectivity index (χ4v) is 3.67. The molecule has 0 saturated heterocycles. The van der Waals surface area contributed by atoms with Gasteiger partial charge in [-0.2, -0.15) is 0 Å². The molecule has 0 atom stereocenters. The summed E-state index contributed by atoms with van der Waals surface area (Å²) in [5.41, 5.74) is 1.70. The van der Waals surface area contributed by atoms with Gasteiger partial charge in [-0.05, 0) is 52.7 Å². The number of hydrogen-bond donors (Lipinski definition) is 1. The average molecular weight is 439 g/mol. The molecule has 2 aromatic carbocycles. The van der Waals surface area contributed by atoms with Crippen molar-refractivity contribution in [2.24, 2.45) is 5.14 Å². The van der Waals surface area contributed by atoms with Crippen LogP contribution in [-0.4, -0.2) is 22.9 Å². The number of halogens is 1. The minimum atomic E-state index is -3.84. The van der Waals surface area contributed by atoms with E-state index in [1.54, 1.807) is 18.2 Å². The van der Waals surface area contributed by atoms with Crippen molar-refractivity contribution in [3.8, 4) is 11.4 Å². The first-order valence-corrected chi connectivity index (χ1v) is 10.0. The Morgan fingerprint density at radius 2 is 2.00 bits per heavy atom. The molecule has 0 saturated carbocycles. The van der Waals surface area contributed by atoms with Gasteiger partial charge in [-0.1, -0.05) is 6.92 Å². The van der Waals surface area contributed by atoms with Gasteiger partial charge in [0.15, 0.2) is 0 Å². The first-order valence-electron chi connectivity index (χ1n) is 7.69. The number of sulfonamides is 1. The normalized spacial score (nSPS) is 11.8. The number of primary sulfonamides is 1. The molecule has 0 fully saturated rings. The van der Waals surface area contributed by atoms with Gasteiger partial charge in [0.25, 0.3) is 5.69 Å². The molecule has 3 rings (SSSR count). The fraction of sp³-hybridized carbons (Fsp3) is 0.188. The summed E-state index contributed by atoms with van der Waals surface area (Å²) in [5.74, 6) is 0.531. The van der Waals surface area contributed by atoms with Crippen LogP contribution >= 0.6 is 15.9 Å². The molecule has 26 heavy (non-hydrogen) atoms. The van der Waals surface area contributed by atoms with Crippen LogP contribution in [0.15, 0.2) is 45.8 Å². The van der Waals surface area contributed by atoms with E-state index in [1.807, 2.05) is 11.5 Å². The summed E-state index contributed by atoms with van der Waals surface area (Å²) in [6.07, 6.45) is 0.814. The number of nitrogens with zero attached hydrogens (tertiary/aromatic N) is 3. The molecule has 0 radical (unpaired) electrons. The summed E-state index contributed by atoms with van der Waals surface area (Å²) in [7, 11) is -3.84. The summed E-state index contributed by atoms with van der Waals surface area (Å²) in [6.45, 7) is 2.63. The van der Waals surface area contributed by atoms with E-state index in [2.05, 4.69) is 20.9 Å². The molecule has 8 nitrogen and oxygen atoms in total. The summed E-state index contributed by atoms with van der Waals surface area (Å²) < 4.78 is 25.5. The molecule has 2 N–H and O–H groups in total. The average Bonchev–Trinajstić information content (AvgIpc) is 2.92. The molecule has 0 unspecified atom stereocenters. The van der Waals surface area contributed by atoms with Gasteiger partial charge in [-0.3, -0.25) is 10.1 Å². The van der Waals surface area contributed by atoms with E-state index < -0.39 is 14.9 Å². The van der Waals surface area contributed by atoms with Crippen molar-refractivity contribution in [1.82, 2.24) is 9.55 Å². The van der Waals surface area contributed by atoms with Crippen molar-refractivity contribution in [2.75, 3.05) is 0 Å². The standard InChI is InChI=1S/C16H15BrN4O4S/c1-2-7-20-14-6-4-11(26(18,24)25)9-13(14)19-16(20)10-3-5-12(17)15(8-10)21(22)23/h3-6,8-9H,2,7H2,1H3,(H2,18,24,25). The molecule has 0 amide bonds. The van der Waals surface area contributed by atoms with E-state index in [0.717, 1.165) is 11.9 Å². The van der Waals surface area contributed by atoms with Crippen molar-refractivity contribution in [1.29, 1.82) is 0 Å². The minimum absolute atomic E-state index is 0.0283. The zero-order valence-corrected chi connectivity index (χ0v) is 16.1. The van der Waals surface area contributed by atoms with Gasteiger partial charge in [0.2, 0.25) is 10.0 Å². The van der Waals surface area contributed by atoms with E-state index >= 15 is 0 Å². The highest BCUT2D eigenvalue weighted by Gasteiger charge is 2.19. The number of hydrogen-bond acceptors (Lipinski definition) is 5. The molecular formula is C16H15BrN4O4S. The molecule has 3 aromatic rings. The molecule has 0 aliphatic heterocycles. The number of nitrogens with two attached hydrogens (primary N) is 1. The van der Waals surface area contributed by atoms with Crippen molar-refractivity contribution in [3.63, 3.8) is 0 Å². The summed E-state index contributed by atoms with van der Waals surface area (Å²) in [5, 5.41) is 16.4. The van der Waals surface area contributed by atoms with Gasteiger partial charge in [0.05, 0.1) is 25.3 Å². The Balaban J connectivity index is 2.26. The Bertz CT molecular complexity index is 1120. The highest BCUT2D eigenvalue weighted by atomic mass is 79.9. The SMILES string of the molecule is CCCn1c(-c2ccc(Br)c([N+](=O)[O-])c2)nc2cc(S(N)(=O)=O)ccc21. The van der Waals surface area contributed by atoms with Gasteiger partial charge < -0.3 is 4.57 Å². The number of benzene rings is 2. The third-order valence-electron chi connectivity index (χ3n) is 3.90. The molecule has 0 aliphatic rings. The monoisotopic (exact) mass is 438 g/mol. The van der Waals surface area contributed by atoms with Crippen LogP contribution in [0.3, 0.4) is 0 Å². The van der Waals surface area contributed by atoms with Gasteiger partial charge in [0, 0.05) is 18.2 Å². The summed E-state index contributed by atoms with van der Waals surface area (Å²) in [4.78, 5) is 15.2. The van der Waals surface area contributed by atoms with E-state index in [9.17, 15) is 18.5 Å². The van der Waals surface area contributed by atoms with Crippen molar-refractivity contribution in [2.45, 2.75) is 24.8 Å². The van der Waals surface area contributed by atoms with Gasteiger partial charge in [-0.15, -0.1) is 0 Å². The zero-order chi connectivity index (χ0) is 19.1. The first kappa shape index (κ1) is 18.5. The van der Waals surface area contributed by atoms with Crippen LogP contribution in [0.25, 0.3) is 22.4 Å². The smallest absolute Gasteiger partial charge is 0.284 e. The highest BCUT2D eigenvalue weighted by Crippen LogP contribution is 2.32. The Morgan fingerprint density at radius 1 is 1.27 bits per heavy atom. The summed E-state index contributed by atoms with van der Waals surface area (Å²) in [6, 6.07) is 9.25. The fourth-order valence-electron chi connectivity index (χ4n) is 2.75. The van der Waals surface area contributed by atoms with Gasteiger partial charge in [-0.25, -0.2) is 18.5 Å². The Morgan fingerprint density at radius 3 is 2.62 bits per heavy atom. The number of aryl methyl sites for hydroxylation is 1. The van der Waals surface area contributed by atoms with E-state index in [-0.39, 0.29) is 10.6 Å². The number of imidazole rings is 1. The lowest BCUT2D eigenvalue weighted by molar-refractivity contribution is -0.385. The van der Waals surface area contributed by atoms with Crippen LogP contribution in [0, 0.1) is 10.1 Å². The summed E-state index contributed by atoms with van der Waals surface area (Å²) >= 11 is 3.17. The number of nitro benzene ring substituents is 1.